The smallest absolute Gasteiger partial charge is 0.217 e. The van der Waals surface area contributed by atoms with Crippen LogP contribution >= 0.6 is 0 Å². The molecule has 3 aliphatic rings. The Balaban J connectivity index is 1.35. The van der Waals surface area contributed by atoms with Gasteiger partial charge in [0.25, 0.3) is 0 Å². The van der Waals surface area contributed by atoms with Gasteiger partial charge >= 0.3 is 0 Å². The third-order valence-corrected chi connectivity index (χ3v) is 9.70. The number of aromatic hydroxyl groups is 1. The summed E-state index contributed by atoms with van der Waals surface area (Å²) in [6.07, 6.45) is 12.8. The highest BCUT2D eigenvalue weighted by Crippen LogP contribution is 2.64. The van der Waals surface area contributed by atoms with Crippen molar-refractivity contribution in [3.63, 3.8) is 0 Å². The Bertz CT molecular complexity index is 830. The summed E-state index contributed by atoms with van der Waals surface area (Å²) in [5.74, 6) is 4.57. The average Bonchev–Trinajstić information content (AvgIpc) is 3.07. The number of carbonyl (C=O) groups excluding carboxylic acids is 1. The van der Waals surface area contributed by atoms with Gasteiger partial charge in [-0.2, -0.15) is 0 Å². The number of unbranched alkanes of at least 4 members (excludes halogenated alkanes) is 1. The van der Waals surface area contributed by atoms with Gasteiger partial charge in [-0.25, -0.2) is 0 Å². The molecular weight excluding hydrogens is 394 g/mol. The zero-order chi connectivity index (χ0) is 23.1. The van der Waals surface area contributed by atoms with Gasteiger partial charge in [0.2, 0.25) is 5.91 Å². The van der Waals surface area contributed by atoms with Crippen molar-refractivity contribution in [2.75, 3.05) is 0 Å². The van der Waals surface area contributed by atoms with Crippen molar-refractivity contribution in [2.45, 2.75) is 110 Å². The first-order valence-electron chi connectivity index (χ1n) is 13.2. The molecule has 0 spiro atoms. The minimum atomic E-state index is -0.0913. The standard InChI is InChI=1S/C29H45NO2/c1-19(8-6-7-16-28(3,4)30-20(2)31)26-13-14-27-25-11-9-21-18-22(32)10-12-23(21)24(25)15-17-29(26,27)5/h10,12,18-19,24-27,32H,6-9,11,13-17H2,1-5H3,(H,30,31)/t19-,24-,25-,26-,27+,29-/m1/s1. The van der Waals surface area contributed by atoms with Crippen LogP contribution in [0.25, 0.3) is 0 Å². The van der Waals surface area contributed by atoms with Gasteiger partial charge in [-0.15, -0.1) is 0 Å². The van der Waals surface area contributed by atoms with Crippen molar-refractivity contribution in [2.24, 2.45) is 29.1 Å². The average molecular weight is 440 g/mol. The number of fused-ring (bicyclic) bond motifs is 5. The molecule has 1 aromatic carbocycles. The second kappa shape index (κ2) is 9.03. The molecule has 0 heterocycles. The molecule has 2 saturated carbocycles. The summed E-state index contributed by atoms with van der Waals surface area (Å²) in [5.41, 5.74) is 3.36. The van der Waals surface area contributed by atoms with Crippen LogP contribution in [-0.4, -0.2) is 16.6 Å². The van der Waals surface area contributed by atoms with Gasteiger partial charge in [-0.1, -0.05) is 39.2 Å². The minimum Gasteiger partial charge on any atom is -0.508 e. The second-order valence-electron chi connectivity index (χ2n) is 12.3. The molecule has 178 valence electrons. The van der Waals surface area contributed by atoms with Crippen molar-refractivity contribution >= 4 is 5.91 Å². The quantitative estimate of drug-likeness (QED) is 0.450. The number of hydrogen-bond donors (Lipinski definition) is 2. The first kappa shape index (κ1) is 23.6. The van der Waals surface area contributed by atoms with Gasteiger partial charge in [0.05, 0.1) is 0 Å². The van der Waals surface area contributed by atoms with Crippen LogP contribution < -0.4 is 5.32 Å². The summed E-state index contributed by atoms with van der Waals surface area (Å²) in [6, 6.07) is 6.15. The lowest BCUT2D eigenvalue weighted by molar-refractivity contribution is -0.120. The molecule has 3 heteroatoms. The third kappa shape index (κ3) is 4.59. The summed E-state index contributed by atoms with van der Waals surface area (Å²) in [4.78, 5) is 11.4. The first-order chi connectivity index (χ1) is 15.1. The van der Waals surface area contributed by atoms with Crippen LogP contribution in [-0.2, 0) is 11.2 Å². The number of nitrogens with one attached hydrogen (secondary N) is 1. The Morgan fingerprint density at radius 2 is 2.00 bits per heavy atom. The zero-order valence-corrected chi connectivity index (χ0v) is 21.0. The van der Waals surface area contributed by atoms with Crippen molar-refractivity contribution in [3.8, 4) is 5.75 Å². The lowest BCUT2D eigenvalue weighted by Crippen LogP contribution is -2.43. The van der Waals surface area contributed by atoms with Crippen LogP contribution in [0.15, 0.2) is 18.2 Å². The third-order valence-electron chi connectivity index (χ3n) is 9.70. The number of rotatable bonds is 7. The van der Waals surface area contributed by atoms with Crippen LogP contribution in [0.1, 0.15) is 109 Å². The summed E-state index contributed by atoms with van der Waals surface area (Å²) >= 11 is 0. The molecule has 4 rings (SSSR count). The number of amides is 1. The fraction of sp³-hybridized carbons (Fsp3) is 0.759. The van der Waals surface area contributed by atoms with E-state index in [1.807, 2.05) is 12.1 Å². The highest BCUT2D eigenvalue weighted by molar-refractivity contribution is 5.73. The monoisotopic (exact) mass is 439 g/mol. The lowest BCUT2D eigenvalue weighted by atomic mass is 9.53. The Kier molecular flexibility index (Phi) is 6.67. The first-order valence-corrected chi connectivity index (χ1v) is 13.2. The van der Waals surface area contributed by atoms with E-state index in [2.05, 4.69) is 39.1 Å². The normalized spacial score (nSPS) is 32.5. The maximum Gasteiger partial charge on any atom is 0.217 e. The molecule has 3 aliphatic carbocycles. The van der Waals surface area contributed by atoms with E-state index in [0.717, 1.165) is 36.5 Å². The molecule has 1 amide bonds. The molecule has 6 atom stereocenters. The summed E-state index contributed by atoms with van der Waals surface area (Å²) < 4.78 is 0. The SMILES string of the molecule is CC(=O)NC(C)(C)CCCC[C@@H](C)[C@H]1CC[C@H]2[C@@H]3CCc4cc(O)ccc4[C@H]3CC[C@]12C. The fourth-order valence-corrected chi connectivity index (χ4v) is 8.32. The number of hydrogen-bond acceptors (Lipinski definition) is 2. The van der Waals surface area contributed by atoms with Crippen LogP contribution in [0.3, 0.4) is 0 Å². The topological polar surface area (TPSA) is 49.3 Å². The van der Waals surface area contributed by atoms with E-state index in [1.54, 1.807) is 12.5 Å². The zero-order valence-electron chi connectivity index (χ0n) is 21.0. The molecule has 3 nitrogen and oxygen atoms in total. The molecule has 1 aromatic rings. The molecular formula is C29H45NO2. The predicted molar refractivity (Wildman–Crippen MR) is 132 cm³/mol. The van der Waals surface area contributed by atoms with E-state index < -0.39 is 0 Å². The van der Waals surface area contributed by atoms with Crippen LogP contribution in [0, 0.1) is 29.1 Å². The van der Waals surface area contributed by atoms with E-state index in [4.69, 9.17) is 0 Å². The Morgan fingerprint density at radius 1 is 1.22 bits per heavy atom. The Morgan fingerprint density at radius 3 is 2.75 bits per heavy atom. The van der Waals surface area contributed by atoms with Crippen molar-refractivity contribution < 1.29 is 9.90 Å². The lowest BCUT2D eigenvalue weighted by Gasteiger charge is -2.52. The molecule has 2 N–H and O–H groups in total. The number of phenols is 1. The van der Waals surface area contributed by atoms with E-state index >= 15 is 0 Å². The Labute approximate surface area is 195 Å². The van der Waals surface area contributed by atoms with Gasteiger partial charge in [0, 0.05) is 12.5 Å². The van der Waals surface area contributed by atoms with Crippen molar-refractivity contribution in [1.29, 1.82) is 0 Å². The van der Waals surface area contributed by atoms with E-state index in [1.165, 1.54) is 56.9 Å². The highest BCUT2D eigenvalue weighted by atomic mass is 16.3. The van der Waals surface area contributed by atoms with Gasteiger partial charge in [-0.05, 0) is 117 Å². The summed E-state index contributed by atoms with van der Waals surface area (Å²) in [5, 5.41) is 13.0. The largest absolute Gasteiger partial charge is 0.508 e. The summed E-state index contributed by atoms with van der Waals surface area (Å²) in [7, 11) is 0. The maximum atomic E-state index is 11.4. The molecule has 0 radical (unpaired) electrons. The molecule has 0 saturated heterocycles. The molecule has 0 bridgehead atoms. The van der Waals surface area contributed by atoms with Crippen molar-refractivity contribution in [1.82, 2.24) is 5.32 Å². The van der Waals surface area contributed by atoms with Gasteiger partial charge in [-0.3, -0.25) is 4.79 Å². The molecule has 2 fully saturated rings. The van der Waals surface area contributed by atoms with Gasteiger partial charge in [0.15, 0.2) is 0 Å². The minimum absolute atomic E-state index is 0.0750. The van der Waals surface area contributed by atoms with Gasteiger partial charge in [0.1, 0.15) is 5.75 Å². The predicted octanol–water partition coefficient (Wildman–Crippen LogP) is 6.98. The van der Waals surface area contributed by atoms with Crippen LogP contribution in [0.2, 0.25) is 0 Å². The van der Waals surface area contributed by atoms with Crippen LogP contribution in [0.5, 0.6) is 5.75 Å². The summed E-state index contributed by atoms with van der Waals surface area (Å²) in [6.45, 7) is 11.0. The van der Waals surface area contributed by atoms with Crippen molar-refractivity contribution in [3.05, 3.63) is 29.3 Å². The van der Waals surface area contributed by atoms with E-state index in [-0.39, 0.29) is 11.4 Å². The number of benzene rings is 1. The maximum absolute atomic E-state index is 11.4. The molecule has 0 unspecified atom stereocenters. The second-order valence-corrected chi connectivity index (χ2v) is 12.3. The van der Waals surface area contributed by atoms with E-state index in [0.29, 0.717) is 17.1 Å². The molecule has 0 aromatic heterocycles. The van der Waals surface area contributed by atoms with Gasteiger partial charge < -0.3 is 10.4 Å². The highest BCUT2D eigenvalue weighted by Gasteiger charge is 2.55. The molecule has 0 aliphatic heterocycles. The van der Waals surface area contributed by atoms with E-state index in [9.17, 15) is 9.90 Å². The molecule has 32 heavy (non-hydrogen) atoms. The Hall–Kier alpha value is -1.51. The number of aryl methyl sites for hydroxylation is 1. The number of carbonyl (C=O) groups is 1. The number of phenolic OH excluding ortho intramolecular Hbond substituents is 1. The van der Waals surface area contributed by atoms with Crippen LogP contribution in [0.4, 0.5) is 0 Å². The fourth-order valence-electron chi connectivity index (χ4n) is 8.32.